The molecule has 2 aromatic heterocycles. The maximum atomic E-state index is 5.60. The molecular weight excluding hydrogens is 292 g/mol. The number of nitrogens with one attached hydrogen (secondary N) is 1. The molecule has 4 nitrogen and oxygen atoms in total. The number of fused-ring (bicyclic) bond motifs is 1. The largest absolute Gasteiger partial charge is 0.331 e. The van der Waals surface area contributed by atoms with Gasteiger partial charge >= 0.3 is 0 Å². The molecule has 2 heterocycles. The Balaban J connectivity index is 2.23. The Bertz CT molecular complexity index is 816. The third kappa shape index (κ3) is 2.50. The van der Waals surface area contributed by atoms with Crippen LogP contribution in [0.5, 0.6) is 0 Å². The normalized spacial score (nSPS) is 12.1. The third-order valence-electron chi connectivity index (χ3n) is 4.17. The van der Waals surface area contributed by atoms with E-state index in [2.05, 4.69) is 60.4 Å². The molecule has 0 aliphatic carbocycles. The number of H-pyrrole nitrogens is 1. The maximum absolute atomic E-state index is 5.60. The molecule has 0 atom stereocenters. The van der Waals surface area contributed by atoms with E-state index >= 15 is 0 Å². The van der Waals surface area contributed by atoms with Crippen LogP contribution in [0.2, 0.25) is 0 Å². The zero-order valence-electron chi connectivity index (χ0n) is 13.4. The van der Waals surface area contributed by atoms with Gasteiger partial charge in [-0.2, -0.15) is 0 Å². The van der Waals surface area contributed by atoms with Gasteiger partial charge < -0.3 is 14.1 Å². The minimum atomic E-state index is 0.374. The standard InChI is InChI=1S/C17H22N4S/c1-11(2)16(12(3)4)21-15-9-13(20-8-7-18-10-20)5-6-14(15)19-17(21)22/h5-12,16H,1-4H3,(H,19,22). The van der Waals surface area contributed by atoms with Crippen LogP contribution in [0.3, 0.4) is 0 Å². The number of nitrogens with zero attached hydrogens (tertiary/aromatic N) is 3. The summed E-state index contributed by atoms with van der Waals surface area (Å²) < 4.78 is 5.09. The lowest BCUT2D eigenvalue weighted by molar-refractivity contribution is 0.291. The van der Waals surface area contributed by atoms with E-state index in [1.165, 1.54) is 0 Å². The van der Waals surface area contributed by atoms with Crippen molar-refractivity contribution in [1.29, 1.82) is 0 Å². The molecule has 0 amide bonds. The molecule has 1 N–H and O–H groups in total. The summed E-state index contributed by atoms with van der Waals surface area (Å²) >= 11 is 5.60. The Kier molecular flexibility index (Phi) is 3.91. The summed E-state index contributed by atoms with van der Waals surface area (Å²) in [6.07, 6.45) is 5.56. The molecule has 1 aromatic carbocycles. The summed E-state index contributed by atoms with van der Waals surface area (Å²) in [7, 11) is 0. The number of hydrogen-bond donors (Lipinski definition) is 1. The summed E-state index contributed by atoms with van der Waals surface area (Å²) in [6.45, 7) is 9.02. The number of benzene rings is 1. The second kappa shape index (κ2) is 5.72. The van der Waals surface area contributed by atoms with E-state index in [9.17, 15) is 0 Å². The van der Waals surface area contributed by atoms with Crippen LogP contribution in [-0.4, -0.2) is 19.1 Å². The van der Waals surface area contributed by atoms with Gasteiger partial charge in [-0.25, -0.2) is 4.98 Å². The number of imidazole rings is 2. The van der Waals surface area contributed by atoms with E-state index in [0.29, 0.717) is 17.9 Å². The van der Waals surface area contributed by atoms with Crippen LogP contribution in [0.1, 0.15) is 33.7 Å². The number of aromatic nitrogens is 4. The van der Waals surface area contributed by atoms with Gasteiger partial charge in [0.15, 0.2) is 4.77 Å². The van der Waals surface area contributed by atoms with Crippen molar-refractivity contribution in [3.8, 4) is 5.69 Å². The van der Waals surface area contributed by atoms with Crippen molar-refractivity contribution in [3.05, 3.63) is 41.7 Å². The lowest BCUT2D eigenvalue weighted by Crippen LogP contribution is -2.21. The molecule has 0 radical (unpaired) electrons. The van der Waals surface area contributed by atoms with Crippen LogP contribution in [-0.2, 0) is 0 Å². The first-order valence-electron chi connectivity index (χ1n) is 7.71. The highest BCUT2D eigenvalue weighted by Gasteiger charge is 2.22. The van der Waals surface area contributed by atoms with Crippen molar-refractivity contribution in [1.82, 2.24) is 19.1 Å². The molecule has 0 bridgehead atoms. The fraction of sp³-hybridized carbons (Fsp3) is 0.412. The molecule has 3 aromatic rings. The Morgan fingerprint density at radius 2 is 1.86 bits per heavy atom. The van der Waals surface area contributed by atoms with E-state index in [0.717, 1.165) is 21.5 Å². The van der Waals surface area contributed by atoms with Crippen molar-refractivity contribution in [2.75, 3.05) is 0 Å². The zero-order chi connectivity index (χ0) is 15.9. The molecular formula is C17H22N4S. The SMILES string of the molecule is CC(C)C(C(C)C)n1c(=S)[nH]c2ccc(-n3ccnc3)cc21. The predicted octanol–water partition coefficient (Wildman–Crippen LogP) is 4.74. The monoisotopic (exact) mass is 314 g/mol. The zero-order valence-corrected chi connectivity index (χ0v) is 14.3. The van der Waals surface area contributed by atoms with Crippen molar-refractivity contribution in [2.45, 2.75) is 33.7 Å². The van der Waals surface area contributed by atoms with Crippen LogP contribution in [0.4, 0.5) is 0 Å². The lowest BCUT2D eigenvalue weighted by atomic mass is 9.93. The van der Waals surface area contributed by atoms with Gasteiger partial charge in [0.1, 0.15) is 0 Å². The van der Waals surface area contributed by atoms with Crippen LogP contribution in [0.15, 0.2) is 36.9 Å². The highest BCUT2D eigenvalue weighted by atomic mass is 32.1. The summed E-state index contributed by atoms with van der Waals surface area (Å²) in [5, 5.41) is 0. The van der Waals surface area contributed by atoms with Gasteiger partial charge in [-0.3, -0.25) is 0 Å². The first kappa shape index (κ1) is 15.0. The predicted molar refractivity (Wildman–Crippen MR) is 93.0 cm³/mol. The molecule has 0 saturated heterocycles. The molecule has 0 unspecified atom stereocenters. The van der Waals surface area contributed by atoms with Crippen molar-refractivity contribution < 1.29 is 0 Å². The average Bonchev–Trinajstić information content (AvgIpc) is 3.07. The summed E-state index contributed by atoms with van der Waals surface area (Å²) in [5.74, 6) is 1.03. The van der Waals surface area contributed by atoms with Crippen molar-refractivity contribution >= 4 is 23.3 Å². The molecule has 5 heteroatoms. The molecule has 0 spiro atoms. The van der Waals surface area contributed by atoms with Crippen molar-refractivity contribution in [2.24, 2.45) is 11.8 Å². The second-order valence-corrected chi connectivity index (χ2v) is 6.84. The number of hydrogen-bond acceptors (Lipinski definition) is 2. The average molecular weight is 314 g/mol. The highest BCUT2D eigenvalue weighted by Crippen LogP contribution is 2.31. The van der Waals surface area contributed by atoms with E-state index in [-0.39, 0.29) is 0 Å². The van der Waals surface area contributed by atoms with Gasteiger partial charge in [0, 0.05) is 24.1 Å². The first-order chi connectivity index (χ1) is 10.5. The molecule has 116 valence electrons. The van der Waals surface area contributed by atoms with Gasteiger partial charge in [-0.1, -0.05) is 27.7 Å². The van der Waals surface area contributed by atoms with E-state index < -0.39 is 0 Å². The molecule has 0 fully saturated rings. The fourth-order valence-electron chi connectivity index (χ4n) is 3.34. The minimum Gasteiger partial charge on any atom is -0.331 e. The maximum Gasteiger partial charge on any atom is 0.178 e. The molecule has 22 heavy (non-hydrogen) atoms. The number of rotatable bonds is 4. The van der Waals surface area contributed by atoms with E-state index in [1.54, 1.807) is 6.20 Å². The first-order valence-corrected chi connectivity index (χ1v) is 8.12. The Morgan fingerprint density at radius 1 is 1.14 bits per heavy atom. The smallest absolute Gasteiger partial charge is 0.178 e. The Hall–Kier alpha value is -1.88. The highest BCUT2D eigenvalue weighted by molar-refractivity contribution is 7.71. The molecule has 0 aliphatic rings. The topological polar surface area (TPSA) is 38.5 Å². The molecule has 0 aliphatic heterocycles. The number of aromatic amines is 1. The van der Waals surface area contributed by atoms with Gasteiger partial charge in [0.25, 0.3) is 0 Å². The second-order valence-electron chi connectivity index (χ2n) is 6.45. The van der Waals surface area contributed by atoms with Gasteiger partial charge in [0.05, 0.1) is 17.4 Å². The van der Waals surface area contributed by atoms with Gasteiger partial charge in [0.2, 0.25) is 0 Å². The Labute approximate surface area is 135 Å². The summed E-state index contributed by atoms with van der Waals surface area (Å²) in [4.78, 5) is 7.47. The van der Waals surface area contributed by atoms with Gasteiger partial charge in [-0.15, -0.1) is 0 Å². The fourth-order valence-corrected chi connectivity index (χ4v) is 3.67. The van der Waals surface area contributed by atoms with Gasteiger partial charge in [-0.05, 0) is 42.3 Å². The van der Waals surface area contributed by atoms with E-state index in [4.69, 9.17) is 12.2 Å². The third-order valence-corrected chi connectivity index (χ3v) is 4.47. The van der Waals surface area contributed by atoms with E-state index in [1.807, 2.05) is 17.1 Å². The minimum absolute atomic E-state index is 0.374. The van der Waals surface area contributed by atoms with Crippen molar-refractivity contribution in [3.63, 3.8) is 0 Å². The lowest BCUT2D eigenvalue weighted by Gasteiger charge is -2.27. The van der Waals surface area contributed by atoms with Crippen LogP contribution >= 0.6 is 12.2 Å². The quantitative estimate of drug-likeness (QED) is 0.707. The molecule has 3 rings (SSSR count). The molecule has 0 saturated carbocycles. The Morgan fingerprint density at radius 3 is 2.45 bits per heavy atom. The van der Waals surface area contributed by atoms with Crippen LogP contribution < -0.4 is 0 Å². The summed E-state index contributed by atoms with van der Waals surface area (Å²) in [6, 6.07) is 6.73. The van der Waals surface area contributed by atoms with Crippen LogP contribution in [0.25, 0.3) is 16.7 Å². The summed E-state index contributed by atoms with van der Waals surface area (Å²) in [5.41, 5.74) is 3.34. The van der Waals surface area contributed by atoms with Crippen LogP contribution in [0, 0.1) is 16.6 Å².